The van der Waals surface area contributed by atoms with E-state index in [0.717, 1.165) is 5.39 Å². The maximum absolute atomic E-state index is 12.5. The third-order valence-corrected chi connectivity index (χ3v) is 3.83. The minimum Gasteiger partial charge on any atom is -0.465 e. The summed E-state index contributed by atoms with van der Waals surface area (Å²) in [5.41, 5.74) is 1.59. The molecule has 1 aromatic carbocycles. The molecule has 0 aliphatic carbocycles. The number of halogens is 1. The lowest BCUT2D eigenvalue weighted by Crippen LogP contribution is -2.19. The quantitative estimate of drug-likeness (QED) is 0.736. The molecule has 3 rings (SSSR count). The number of methoxy groups -OCH3 is 1. The van der Waals surface area contributed by atoms with Gasteiger partial charge in [-0.05, 0) is 24.3 Å². The Morgan fingerprint density at radius 3 is 2.82 bits per heavy atom. The molecule has 6 nitrogen and oxygen atoms in total. The van der Waals surface area contributed by atoms with E-state index >= 15 is 0 Å². The number of benzene rings is 1. The number of ether oxygens (including phenoxy) is 1. The van der Waals surface area contributed by atoms with Crippen LogP contribution in [0.15, 0.2) is 35.3 Å². The number of carbonyl (C=O) groups excluding carboxylic acids is 1. The zero-order valence-electron chi connectivity index (χ0n) is 11.9. The number of pyridine rings is 1. The van der Waals surface area contributed by atoms with Gasteiger partial charge in [-0.1, -0.05) is 11.6 Å². The van der Waals surface area contributed by atoms with Crippen LogP contribution in [0.2, 0.25) is 5.02 Å². The van der Waals surface area contributed by atoms with Crippen molar-refractivity contribution in [1.82, 2.24) is 14.8 Å². The van der Waals surface area contributed by atoms with Gasteiger partial charge in [0.2, 0.25) is 0 Å². The summed E-state index contributed by atoms with van der Waals surface area (Å²) in [4.78, 5) is 24.2. The van der Waals surface area contributed by atoms with E-state index in [0.29, 0.717) is 27.4 Å². The Bertz CT molecular complexity index is 943. The SMILES string of the molecule is COC(=O)c1ccc(Cl)c(-c2cc3cn[nH]c3n(C)c2=O)c1. The summed E-state index contributed by atoms with van der Waals surface area (Å²) < 4.78 is 6.16. The Hall–Kier alpha value is -2.60. The number of esters is 1. The Balaban J connectivity index is 2.29. The van der Waals surface area contributed by atoms with E-state index in [1.807, 2.05) is 0 Å². The number of nitrogens with zero attached hydrogens (tertiary/aromatic N) is 2. The van der Waals surface area contributed by atoms with Crippen LogP contribution >= 0.6 is 11.6 Å². The van der Waals surface area contributed by atoms with Crippen molar-refractivity contribution in [2.24, 2.45) is 7.05 Å². The van der Waals surface area contributed by atoms with Crippen molar-refractivity contribution in [2.45, 2.75) is 0 Å². The summed E-state index contributed by atoms with van der Waals surface area (Å²) in [6.07, 6.45) is 1.62. The van der Waals surface area contributed by atoms with Crippen molar-refractivity contribution in [3.63, 3.8) is 0 Å². The fourth-order valence-corrected chi connectivity index (χ4v) is 2.55. The van der Waals surface area contributed by atoms with Gasteiger partial charge in [-0.15, -0.1) is 0 Å². The van der Waals surface area contributed by atoms with Gasteiger partial charge < -0.3 is 4.74 Å². The summed E-state index contributed by atoms with van der Waals surface area (Å²) >= 11 is 6.20. The number of aromatic amines is 1. The molecule has 2 aromatic heterocycles. The van der Waals surface area contributed by atoms with E-state index in [9.17, 15) is 9.59 Å². The molecule has 3 aromatic rings. The summed E-state index contributed by atoms with van der Waals surface area (Å²) in [7, 11) is 2.94. The monoisotopic (exact) mass is 317 g/mol. The van der Waals surface area contributed by atoms with Crippen LogP contribution in [0.5, 0.6) is 0 Å². The first-order chi connectivity index (χ1) is 10.5. The van der Waals surface area contributed by atoms with Crippen LogP contribution in [0.1, 0.15) is 10.4 Å². The zero-order chi connectivity index (χ0) is 15.9. The van der Waals surface area contributed by atoms with Crippen LogP contribution in [0.25, 0.3) is 22.2 Å². The molecular formula is C15H12ClN3O3. The van der Waals surface area contributed by atoms with E-state index < -0.39 is 5.97 Å². The van der Waals surface area contributed by atoms with Gasteiger partial charge >= 0.3 is 5.97 Å². The number of hydrogen-bond acceptors (Lipinski definition) is 4. The molecule has 0 aliphatic rings. The number of H-pyrrole nitrogens is 1. The number of fused-ring (bicyclic) bond motifs is 1. The van der Waals surface area contributed by atoms with Gasteiger partial charge in [-0.2, -0.15) is 5.10 Å². The van der Waals surface area contributed by atoms with Gasteiger partial charge in [-0.3, -0.25) is 14.5 Å². The first kappa shape index (κ1) is 14.3. The molecule has 0 saturated heterocycles. The largest absolute Gasteiger partial charge is 0.465 e. The molecule has 0 amide bonds. The topological polar surface area (TPSA) is 77.0 Å². The fourth-order valence-electron chi connectivity index (χ4n) is 2.33. The second kappa shape index (κ2) is 5.31. The highest BCUT2D eigenvalue weighted by Gasteiger charge is 2.15. The van der Waals surface area contributed by atoms with E-state index in [-0.39, 0.29) is 5.56 Å². The predicted octanol–water partition coefficient (Wildman–Crippen LogP) is 2.37. The van der Waals surface area contributed by atoms with Gasteiger partial charge in [0.25, 0.3) is 5.56 Å². The van der Waals surface area contributed by atoms with Crippen LogP contribution in [-0.4, -0.2) is 27.8 Å². The highest BCUT2D eigenvalue weighted by Crippen LogP contribution is 2.28. The molecule has 7 heteroatoms. The first-order valence-corrected chi connectivity index (χ1v) is 6.82. The third-order valence-electron chi connectivity index (χ3n) is 3.50. The van der Waals surface area contributed by atoms with Crippen LogP contribution < -0.4 is 5.56 Å². The van der Waals surface area contributed by atoms with Crippen LogP contribution in [0.3, 0.4) is 0 Å². The summed E-state index contributed by atoms with van der Waals surface area (Å²) in [5, 5.41) is 7.85. The van der Waals surface area contributed by atoms with Crippen molar-refractivity contribution < 1.29 is 9.53 Å². The smallest absolute Gasteiger partial charge is 0.337 e. The molecule has 1 N–H and O–H groups in total. The van der Waals surface area contributed by atoms with Gasteiger partial charge in [0.05, 0.1) is 18.9 Å². The standard InChI is InChI=1S/C15H12ClN3O3/c1-19-13-9(7-17-18-13)6-11(14(19)20)10-5-8(15(21)22-2)3-4-12(10)16/h3-7H,1-2H3,(H,17,18). The Morgan fingerprint density at radius 2 is 2.09 bits per heavy atom. The molecule has 2 heterocycles. The summed E-state index contributed by atoms with van der Waals surface area (Å²) in [6, 6.07) is 6.38. The molecule has 0 fully saturated rings. The van der Waals surface area contributed by atoms with Crippen molar-refractivity contribution in [3.8, 4) is 11.1 Å². The summed E-state index contributed by atoms with van der Waals surface area (Å²) in [6.45, 7) is 0. The highest BCUT2D eigenvalue weighted by molar-refractivity contribution is 6.33. The number of rotatable bonds is 2. The molecule has 0 unspecified atom stereocenters. The van der Waals surface area contributed by atoms with E-state index in [4.69, 9.17) is 16.3 Å². The number of nitrogens with one attached hydrogen (secondary N) is 1. The number of hydrogen-bond donors (Lipinski definition) is 1. The zero-order valence-corrected chi connectivity index (χ0v) is 12.6. The molecule has 0 saturated carbocycles. The molecule has 0 bridgehead atoms. The lowest BCUT2D eigenvalue weighted by Gasteiger charge is -2.09. The number of aryl methyl sites for hydroxylation is 1. The Labute approximate surface area is 130 Å². The van der Waals surface area contributed by atoms with Gasteiger partial charge in [0.15, 0.2) is 0 Å². The van der Waals surface area contributed by atoms with E-state index in [2.05, 4.69) is 10.2 Å². The molecule has 0 radical (unpaired) electrons. The predicted molar refractivity (Wildman–Crippen MR) is 83.1 cm³/mol. The molecule has 22 heavy (non-hydrogen) atoms. The van der Waals surface area contributed by atoms with Crippen molar-refractivity contribution in [2.75, 3.05) is 7.11 Å². The Morgan fingerprint density at radius 1 is 1.32 bits per heavy atom. The highest BCUT2D eigenvalue weighted by atomic mass is 35.5. The van der Waals surface area contributed by atoms with Gasteiger partial charge in [-0.25, -0.2) is 4.79 Å². The second-order valence-electron chi connectivity index (χ2n) is 4.78. The van der Waals surface area contributed by atoms with Crippen molar-refractivity contribution in [1.29, 1.82) is 0 Å². The lowest BCUT2D eigenvalue weighted by atomic mass is 10.0. The minimum absolute atomic E-state index is 0.235. The third kappa shape index (κ3) is 2.17. The number of aromatic nitrogens is 3. The minimum atomic E-state index is -0.487. The van der Waals surface area contributed by atoms with Crippen LogP contribution in [0, 0.1) is 0 Å². The molecule has 0 atom stereocenters. The number of carbonyl (C=O) groups is 1. The van der Waals surface area contributed by atoms with E-state index in [1.54, 1.807) is 37.5 Å². The van der Waals surface area contributed by atoms with Crippen molar-refractivity contribution >= 4 is 28.6 Å². The molecule has 112 valence electrons. The van der Waals surface area contributed by atoms with E-state index in [1.165, 1.54) is 11.7 Å². The molecular weight excluding hydrogens is 306 g/mol. The van der Waals surface area contributed by atoms with Gasteiger partial charge in [0.1, 0.15) is 5.65 Å². The second-order valence-corrected chi connectivity index (χ2v) is 5.19. The maximum atomic E-state index is 12.5. The molecule has 0 aliphatic heterocycles. The summed E-state index contributed by atoms with van der Waals surface area (Å²) in [5.74, 6) is -0.487. The average Bonchev–Trinajstić information content (AvgIpc) is 2.99. The van der Waals surface area contributed by atoms with Gasteiger partial charge in [0, 0.05) is 28.6 Å². The molecule has 0 spiro atoms. The fraction of sp³-hybridized carbons (Fsp3) is 0.133. The van der Waals surface area contributed by atoms with Crippen LogP contribution in [-0.2, 0) is 11.8 Å². The first-order valence-electron chi connectivity index (χ1n) is 6.44. The average molecular weight is 318 g/mol. The lowest BCUT2D eigenvalue weighted by molar-refractivity contribution is 0.0601. The Kier molecular flexibility index (Phi) is 3.46. The normalized spacial score (nSPS) is 10.9. The van der Waals surface area contributed by atoms with Crippen LogP contribution in [0.4, 0.5) is 0 Å². The van der Waals surface area contributed by atoms with Crippen molar-refractivity contribution in [3.05, 3.63) is 51.4 Å². The maximum Gasteiger partial charge on any atom is 0.337 e.